The lowest BCUT2D eigenvalue weighted by molar-refractivity contribution is -0.181. The fourth-order valence-corrected chi connectivity index (χ4v) is 2.80. The number of ketones is 1. The first-order valence-electron chi connectivity index (χ1n) is 4.92. The van der Waals surface area contributed by atoms with Crippen LogP contribution >= 0.6 is 0 Å². The maximum atomic E-state index is 11.1. The number of carbonyl (C=O) groups excluding carboxylic acids is 1. The van der Waals surface area contributed by atoms with Crippen molar-refractivity contribution in [3.8, 4) is 0 Å². The number of rotatable bonds is 3. The van der Waals surface area contributed by atoms with Crippen LogP contribution in [0.15, 0.2) is 0 Å². The molecule has 1 heterocycles. The molecule has 0 bridgehead atoms. The van der Waals surface area contributed by atoms with Crippen LogP contribution in [0.5, 0.6) is 0 Å². The number of Topliss-reactive ketones (excluding diaryl/α,β-unsaturated/α-hetero) is 1. The van der Waals surface area contributed by atoms with Crippen molar-refractivity contribution >= 4 is 11.8 Å². The van der Waals surface area contributed by atoms with Crippen LogP contribution in [0.1, 0.15) is 26.2 Å². The van der Waals surface area contributed by atoms with Gasteiger partial charge in [0.25, 0.3) is 0 Å². The molecule has 0 aromatic heterocycles. The Hall–Kier alpha value is -0.900. The van der Waals surface area contributed by atoms with E-state index in [0.717, 1.165) is 6.42 Å². The monoisotopic (exact) mass is 198 g/mol. The number of hydrogen-bond donors (Lipinski definition) is 1. The quantitative estimate of drug-likeness (QED) is 0.730. The van der Waals surface area contributed by atoms with Gasteiger partial charge in [-0.25, -0.2) is 0 Å². The number of fused-ring (bicyclic) bond motifs is 1. The van der Waals surface area contributed by atoms with Gasteiger partial charge >= 0.3 is 5.97 Å². The third-order valence-corrected chi connectivity index (χ3v) is 3.46. The van der Waals surface area contributed by atoms with Gasteiger partial charge in [0, 0.05) is 13.0 Å². The Morgan fingerprint density at radius 1 is 1.57 bits per heavy atom. The Bertz CT molecular complexity index is 286. The molecule has 78 valence electrons. The number of aliphatic carboxylic acids is 1. The second-order valence-corrected chi connectivity index (χ2v) is 4.29. The maximum Gasteiger partial charge on any atom is 0.309 e. The number of carbonyl (C=O) groups is 2. The SMILES string of the molecule is CC(=O)C[C@@]12OCC[C@H]1CC2C(=O)O. The van der Waals surface area contributed by atoms with Gasteiger partial charge in [0.15, 0.2) is 0 Å². The van der Waals surface area contributed by atoms with Gasteiger partial charge in [-0.3, -0.25) is 9.59 Å². The lowest BCUT2D eigenvalue weighted by Gasteiger charge is -2.48. The molecule has 2 rings (SSSR count). The minimum absolute atomic E-state index is 0.0165. The van der Waals surface area contributed by atoms with Crippen molar-refractivity contribution in [3.05, 3.63) is 0 Å². The number of ether oxygens (including phenoxy) is 1. The van der Waals surface area contributed by atoms with Crippen molar-refractivity contribution < 1.29 is 19.4 Å². The summed E-state index contributed by atoms with van der Waals surface area (Å²) >= 11 is 0. The Labute approximate surface area is 82.2 Å². The van der Waals surface area contributed by atoms with Gasteiger partial charge in [-0.2, -0.15) is 0 Å². The molecular formula is C10H14O4. The summed E-state index contributed by atoms with van der Waals surface area (Å²) < 4.78 is 5.52. The Morgan fingerprint density at radius 2 is 2.29 bits per heavy atom. The van der Waals surface area contributed by atoms with E-state index in [0.29, 0.717) is 13.0 Å². The van der Waals surface area contributed by atoms with Gasteiger partial charge in [-0.15, -0.1) is 0 Å². The molecule has 0 radical (unpaired) electrons. The molecule has 2 aliphatic rings. The second-order valence-electron chi connectivity index (χ2n) is 4.29. The molecular weight excluding hydrogens is 184 g/mol. The summed E-state index contributed by atoms with van der Waals surface area (Å²) in [5.74, 6) is -1.00. The van der Waals surface area contributed by atoms with E-state index in [2.05, 4.69) is 0 Å². The number of carboxylic acids is 1. The van der Waals surface area contributed by atoms with E-state index in [-0.39, 0.29) is 18.1 Å². The highest BCUT2D eigenvalue weighted by molar-refractivity contribution is 5.80. The van der Waals surface area contributed by atoms with Gasteiger partial charge in [-0.05, 0) is 25.7 Å². The molecule has 1 saturated carbocycles. The van der Waals surface area contributed by atoms with Crippen molar-refractivity contribution in [1.82, 2.24) is 0 Å². The van der Waals surface area contributed by atoms with Gasteiger partial charge in [0.05, 0.1) is 11.5 Å². The van der Waals surface area contributed by atoms with E-state index in [9.17, 15) is 9.59 Å². The molecule has 3 atom stereocenters. The summed E-state index contributed by atoms with van der Waals surface area (Å²) in [5, 5.41) is 8.97. The average Bonchev–Trinajstić information content (AvgIpc) is 2.30. The lowest BCUT2D eigenvalue weighted by Crippen LogP contribution is -2.57. The number of hydrogen-bond acceptors (Lipinski definition) is 3. The molecule has 1 aliphatic carbocycles. The maximum absolute atomic E-state index is 11.1. The summed E-state index contributed by atoms with van der Waals surface area (Å²) in [7, 11) is 0. The Morgan fingerprint density at radius 3 is 2.79 bits per heavy atom. The van der Waals surface area contributed by atoms with E-state index in [1.165, 1.54) is 6.92 Å². The molecule has 4 nitrogen and oxygen atoms in total. The molecule has 1 unspecified atom stereocenters. The van der Waals surface area contributed by atoms with E-state index < -0.39 is 17.5 Å². The summed E-state index contributed by atoms with van der Waals surface area (Å²) in [6, 6.07) is 0. The van der Waals surface area contributed by atoms with Crippen LogP contribution in [0, 0.1) is 11.8 Å². The lowest BCUT2D eigenvalue weighted by atomic mass is 9.59. The molecule has 1 saturated heterocycles. The molecule has 14 heavy (non-hydrogen) atoms. The normalized spacial score (nSPS) is 40.1. The molecule has 2 fully saturated rings. The molecule has 0 aromatic carbocycles. The summed E-state index contributed by atoms with van der Waals surface area (Å²) in [6.45, 7) is 2.09. The van der Waals surface area contributed by atoms with E-state index >= 15 is 0 Å². The topological polar surface area (TPSA) is 63.6 Å². The molecule has 0 spiro atoms. The minimum Gasteiger partial charge on any atom is -0.481 e. The van der Waals surface area contributed by atoms with Crippen LogP contribution in [-0.4, -0.2) is 29.1 Å². The van der Waals surface area contributed by atoms with E-state index in [4.69, 9.17) is 9.84 Å². The summed E-state index contributed by atoms with van der Waals surface area (Å²) in [6.07, 6.45) is 1.83. The zero-order valence-corrected chi connectivity index (χ0v) is 8.16. The fourth-order valence-electron chi connectivity index (χ4n) is 2.80. The highest BCUT2D eigenvalue weighted by Gasteiger charge is 2.62. The van der Waals surface area contributed by atoms with Gasteiger partial charge in [0.2, 0.25) is 0 Å². The first-order valence-corrected chi connectivity index (χ1v) is 4.92. The Kier molecular flexibility index (Phi) is 2.10. The van der Waals surface area contributed by atoms with Crippen LogP contribution < -0.4 is 0 Å². The van der Waals surface area contributed by atoms with Crippen LogP contribution in [0.3, 0.4) is 0 Å². The third kappa shape index (κ3) is 1.17. The smallest absolute Gasteiger partial charge is 0.309 e. The van der Waals surface area contributed by atoms with Gasteiger partial charge in [0.1, 0.15) is 5.78 Å². The van der Waals surface area contributed by atoms with Crippen molar-refractivity contribution in [3.63, 3.8) is 0 Å². The largest absolute Gasteiger partial charge is 0.481 e. The molecule has 0 amide bonds. The van der Waals surface area contributed by atoms with Gasteiger partial charge in [-0.1, -0.05) is 0 Å². The number of carboxylic acid groups (broad SMARTS) is 1. The third-order valence-electron chi connectivity index (χ3n) is 3.46. The summed E-state index contributed by atoms with van der Waals surface area (Å²) in [5.41, 5.74) is -0.655. The standard InChI is InChI=1S/C10H14O4/c1-6(11)5-10-7(2-3-14-10)4-8(10)9(12)13/h7-8H,2-5H2,1H3,(H,12,13)/t7-,8?,10+/m0/s1. The van der Waals surface area contributed by atoms with Crippen LogP contribution in [-0.2, 0) is 14.3 Å². The van der Waals surface area contributed by atoms with Crippen molar-refractivity contribution in [2.45, 2.75) is 31.8 Å². The zero-order valence-electron chi connectivity index (χ0n) is 8.16. The first-order chi connectivity index (χ1) is 6.56. The average molecular weight is 198 g/mol. The van der Waals surface area contributed by atoms with Crippen LogP contribution in [0.4, 0.5) is 0 Å². The minimum atomic E-state index is -0.829. The molecule has 1 N–H and O–H groups in total. The van der Waals surface area contributed by atoms with Crippen LogP contribution in [0.2, 0.25) is 0 Å². The predicted molar refractivity (Wildman–Crippen MR) is 47.8 cm³/mol. The molecule has 4 heteroatoms. The Balaban J connectivity index is 2.18. The van der Waals surface area contributed by atoms with E-state index in [1.807, 2.05) is 0 Å². The van der Waals surface area contributed by atoms with Crippen molar-refractivity contribution in [2.75, 3.05) is 6.61 Å². The van der Waals surface area contributed by atoms with E-state index in [1.54, 1.807) is 0 Å². The summed E-state index contributed by atoms with van der Waals surface area (Å²) in [4.78, 5) is 22.0. The van der Waals surface area contributed by atoms with Gasteiger partial charge < -0.3 is 9.84 Å². The highest BCUT2D eigenvalue weighted by Crippen LogP contribution is 2.54. The first kappa shape index (κ1) is 9.65. The zero-order chi connectivity index (χ0) is 10.3. The fraction of sp³-hybridized carbons (Fsp3) is 0.800. The van der Waals surface area contributed by atoms with Crippen molar-refractivity contribution in [1.29, 1.82) is 0 Å². The predicted octanol–water partition coefficient (Wildman–Crippen LogP) is 0.845. The molecule has 1 aliphatic heterocycles. The van der Waals surface area contributed by atoms with Crippen LogP contribution in [0.25, 0.3) is 0 Å². The van der Waals surface area contributed by atoms with Crippen molar-refractivity contribution in [2.24, 2.45) is 11.8 Å². The highest BCUT2D eigenvalue weighted by atomic mass is 16.5. The molecule has 0 aromatic rings. The second kappa shape index (κ2) is 3.05.